The predicted octanol–water partition coefficient (Wildman–Crippen LogP) is 2.20. The fourth-order valence-corrected chi connectivity index (χ4v) is 2.15. The average molecular weight is 469 g/mol. The number of aliphatic imine (C=N–C) groups is 1. The summed E-state index contributed by atoms with van der Waals surface area (Å²) < 4.78 is 5.13. The molecule has 0 aliphatic carbocycles. The van der Waals surface area contributed by atoms with Crippen LogP contribution in [0.3, 0.4) is 0 Å². The summed E-state index contributed by atoms with van der Waals surface area (Å²) in [5.74, 6) is 1.27. The highest BCUT2D eigenvalue weighted by Gasteiger charge is 2.05. The van der Waals surface area contributed by atoms with Crippen LogP contribution in [0.5, 0.6) is 5.75 Å². The minimum Gasteiger partial charge on any atom is -0.497 e. The van der Waals surface area contributed by atoms with Gasteiger partial charge in [0.25, 0.3) is 0 Å². The lowest BCUT2D eigenvalue weighted by molar-refractivity contribution is -0.120. The zero-order chi connectivity index (χ0) is 17.1. The molecular weight excluding hydrogens is 443 g/mol. The van der Waals surface area contributed by atoms with Crippen molar-refractivity contribution >= 4 is 47.4 Å². The summed E-state index contributed by atoms with van der Waals surface area (Å²) in [6.07, 6.45) is 1.66. The first-order valence-electron chi connectivity index (χ1n) is 7.64. The van der Waals surface area contributed by atoms with Crippen molar-refractivity contribution in [2.24, 2.45) is 4.99 Å². The molecular formula is C16H26ClIN4O2. The number of carbonyl (C=O) groups excluding carboxylic acids is 1. The van der Waals surface area contributed by atoms with Gasteiger partial charge in [0.1, 0.15) is 5.75 Å². The Labute approximate surface area is 165 Å². The number of hydrogen-bond acceptors (Lipinski definition) is 3. The minimum absolute atomic E-state index is 0. The van der Waals surface area contributed by atoms with E-state index in [2.05, 4.69) is 20.9 Å². The molecule has 0 saturated carbocycles. The van der Waals surface area contributed by atoms with Crippen LogP contribution >= 0.6 is 35.6 Å². The highest BCUT2D eigenvalue weighted by Crippen LogP contribution is 2.22. The first kappa shape index (κ1) is 22.8. The van der Waals surface area contributed by atoms with E-state index in [0.29, 0.717) is 24.1 Å². The number of nitrogens with one attached hydrogen (secondary N) is 3. The SMILES string of the molecule is CCCNC(=O)CNC(=NC)NCCc1ccc(OC)cc1Cl.I. The first-order chi connectivity index (χ1) is 11.1. The molecule has 24 heavy (non-hydrogen) atoms. The monoisotopic (exact) mass is 468 g/mol. The average Bonchev–Trinajstić information content (AvgIpc) is 2.57. The van der Waals surface area contributed by atoms with E-state index >= 15 is 0 Å². The molecule has 0 heterocycles. The van der Waals surface area contributed by atoms with E-state index in [1.165, 1.54) is 0 Å². The topological polar surface area (TPSA) is 74.8 Å². The molecule has 0 unspecified atom stereocenters. The first-order valence-corrected chi connectivity index (χ1v) is 8.02. The number of nitrogens with zero attached hydrogens (tertiary/aromatic N) is 1. The number of guanidine groups is 1. The van der Waals surface area contributed by atoms with Crippen LogP contribution in [0, 0.1) is 0 Å². The van der Waals surface area contributed by atoms with Crippen molar-refractivity contribution in [2.75, 3.05) is 33.8 Å². The van der Waals surface area contributed by atoms with Gasteiger partial charge < -0.3 is 20.7 Å². The number of ether oxygens (including phenoxy) is 1. The lowest BCUT2D eigenvalue weighted by Gasteiger charge is -2.12. The van der Waals surface area contributed by atoms with Crippen molar-refractivity contribution in [3.8, 4) is 5.75 Å². The van der Waals surface area contributed by atoms with Gasteiger partial charge in [-0.2, -0.15) is 0 Å². The largest absolute Gasteiger partial charge is 0.497 e. The van der Waals surface area contributed by atoms with Gasteiger partial charge in [0.15, 0.2) is 5.96 Å². The second-order valence-electron chi connectivity index (χ2n) is 4.91. The lowest BCUT2D eigenvalue weighted by atomic mass is 10.1. The molecule has 0 radical (unpaired) electrons. The zero-order valence-electron chi connectivity index (χ0n) is 14.3. The van der Waals surface area contributed by atoms with Gasteiger partial charge in [-0.15, -0.1) is 24.0 Å². The van der Waals surface area contributed by atoms with Crippen LogP contribution in [0.25, 0.3) is 0 Å². The van der Waals surface area contributed by atoms with E-state index in [1.54, 1.807) is 20.2 Å². The van der Waals surface area contributed by atoms with Crippen molar-refractivity contribution < 1.29 is 9.53 Å². The Morgan fingerprint density at radius 3 is 2.58 bits per heavy atom. The Bertz CT molecular complexity index is 541. The zero-order valence-corrected chi connectivity index (χ0v) is 17.4. The predicted molar refractivity (Wildman–Crippen MR) is 110 cm³/mol. The maximum atomic E-state index is 11.5. The molecule has 0 spiro atoms. The van der Waals surface area contributed by atoms with Gasteiger partial charge in [-0.25, -0.2) is 0 Å². The summed E-state index contributed by atoms with van der Waals surface area (Å²) in [6.45, 7) is 3.55. The van der Waals surface area contributed by atoms with Crippen molar-refractivity contribution in [1.29, 1.82) is 0 Å². The van der Waals surface area contributed by atoms with Crippen molar-refractivity contribution in [2.45, 2.75) is 19.8 Å². The fraction of sp³-hybridized carbons (Fsp3) is 0.500. The minimum atomic E-state index is -0.0481. The Hall–Kier alpha value is -1.22. The summed E-state index contributed by atoms with van der Waals surface area (Å²) in [4.78, 5) is 15.6. The van der Waals surface area contributed by atoms with Gasteiger partial charge in [-0.1, -0.05) is 24.6 Å². The van der Waals surface area contributed by atoms with Crippen LogP contribution in [0.15, 0.2) is 23.2 Å². The molecule has 1 aromatic carbocycles. The molecule has 0 atom stereocenters. The van der Waals surface area contributed by atoms with Crippen LogP contribution < -0.4 is 20.7 Å². The third-order valence-corrected chi connectivity index (χ3v) is 3.51. The number of halogens is 2. The molecule has 3 N–H and O–H groups in total. The molecule has 0 fully saturated rings. The van der Waals surface area contributed by atoms with E-state index in [4.69, 9.17) is 16.3 Å². The summed E-state index contributed by atoms with van der Waals surface area (Å²) in [6, 6.07) is 5.62. The molecule has 0 aliphatic heterocycles. The molecule has 0 saturated heterocycles. The maximum absolute atomic E-state index is 11.5. The van der Waals surface area contributed by atoms with E-state index in [-0.39, 0.29) is 36.4 Å². The quantitative estimate of drug-likeness (QED) is 0.311. The summed E-state index contributed by atoms with van der Waals surface area (Å²) >= 11 is 6.20. The summed E-state index contributed by atoms with van der Waals surface area (Å²) in [5, 5.41) is 9.60. The summed E-state index contributed by atoms with van der Waals surface area (Å²) in [5.41, 5.74) is 1.02. The number of amides is 1. The molecule has 6 nitrogen and oxygen atoms in total. The number of benzene rings is 1. The van der Waals surface area contributed by atoms with Gasteiger partial charge in [0, 0.05) is 25.2 Å². The molecule has 0 bridgehead atoms. The van der Waals surface area contributed by atoms with Crippen molar-refractivity contribution in [3.05, 3.63) is 28.8 Å². The van der Waals surface area contributed by atoms with Gasteiger partial charge >= 0.3 is 0 Å². The van der Waals surface area contributed by atoms with Crippen LogP contribution in [0.1, 0.15) is 18.9 Å². The normalized spacial score (nSPS) is 10.6. The van der Waals surface area contributed by atoms with Crippen molar-refractivity contribution in [3.63, 3.8) is 0 Å². The molecule has 1 rings (SSSR count). The number of hydrogen-bond donors (Lipinski definition) is 3. The van der Waals surface area contributed by atoms with E-state index in [0.717, 1.165) is 24.2 Å². The van der Waals surface area contributed by atoms with E-state index in [1.807, 2.05) is 19.1 Å². The molecule has 8 heteroatoms. The third-order valence-electron chi connectivity index (χ3n) is 3.16. The molecule has 0 aliphatic rings. The number of rotatable bonds is 8. The Morgan fingerprint density at radius 1 is 1.25 bits per heavy atom. The van der Waals surface area contributed by atoms with E-state index in [9.17, 15) is 4.79 Å². The van der Waals surface area contributed by atoms with Gasteiger partial charge in [-0.05, 0) is 30.5 Å². The lowest BCUT2D eigenvalue weighted by Crippen LogP contribution is -2.43. The molecule has 1 aromatic rings. The Morgan fingerprint density at radius 2 is 2.00 bits per heavy atom. The number of methoxy groups -OCH3 is 1. The Kier molecular flexibility index (Phi) is 12.4. The third kappa shape index (κ3) is 8.58. The fourth-order valence-electron chi connectivity index (χ4n) is 1.88. The van der Waals surface area contributed by atoms with Gasteiger partial charge in [0.2, 0.25) is 5.91 Å². The second kappa shape index (κ2) is 13.1. The number of carbonyl (C=O) groups is 1. The van der Waals surface area contributed by atoms with Crippen LogP contribution in [0.2, 0.25) is 5.02 Å². The molecule has 136 valence electrons. The van der Waals surface area contributed by atoms with E-state index < -0.39 is 0 Å². The van der Waals surface area contributed by atoms with Crippen LogP contribution in [0.4, 0.5) is 0 Å². The van der Waals surface area contributed by atoms with Gasteiger partial charge in [-0.3, -0.25) is 9.79 Å². The van der Waals surface area contributed by atoms with Crippen LogP contribution in [-0.2, 0) is 11.2 Å². The van der Waals surface area contributed by atoms with Gasteiger partial charge in [0.05, 0.1) is 13.7 Å². The molecule has 0 aromatic heterocycles. The highest BCUT2D eigenvalue weighted by molar-refractivity contribution is 14.0. The smallest absolute Gasteiger partial charge is 0.239 e. The van der Waals surface area contributed by atoms with Crippen molar-refractivity contribution in [1.82, 2.24) is 16.0 Å². The maximum Gasteiger partial charge on any atom is 0.239 e. The highest BCUT2D eigenvalue weighted by atomic mass is 127. The summed E-state index contributed by atoms with van der Waals surface area (Å²) in [7, 11) is 3.28. The Balaban J connectivity index is 0.00000529. The standard InChI is InChI=1S/C16H25ClN4O2.HI/c1-4-8-19-15(22)11-21-16(18-2)20-9-7-12-5-6-13(23-3)10-14(12)17;/h5-6,10H,4,7-9,11H2,1-3H3,(H,19,22)(H2,18,20,21);1H. The second-order valence-corrected chi connectivity index (χ2v) is 5.32. The molecule has 1 amide bonds. The van der Waals surface area contributed by atoms with Crippen LogP contribution in [-0.4, -0.2) is 45.7 Å².